The normalized spacial score (nSPS) is 16.9. The molecule has 270 valence electrons. The highest BCUT2D eigenvalue weighted by atomic mass is 32.1. The maximum absolute atomic E-state index is 13.6. The lowest BCUT2D eigenvalue weighted by Crippen LogP contribution is -2.70. The number of carbonyl (C=O) groups is 5. The minimum Gasteiger partial charge on any atom is -0.457 e. The number of alkyl carbamates (subject to hydrolysis) is 1. The molecule has 0 bridgehead atoms. The summed E-state index contributed by atoms with van der Waals surface area (Å²) in [5.41, 5.74) is -3.79. The molecule has 1 fully saturated rings. The molecule has 2 aromatic heterocycles. The summed E-state index contributed by atoms with van der Waals surface area (Å²) >= 11 is 0.986. The second-order valence-corrected chi connectivity index (χ2v) is 15.5. The molecule has 0 spiro atoms. The van der Waals surface area contributed by atoms with Crippen LogP contribution in [0.2, 0.25) is 0 Å². The van der Waals surface area contributed by atoms with Gasteiger partial charge >= 0.3 is 18.2 Å². The average Bonchev–Trinajstić information content (AvgIpc) is 3.57. The molecule has 2 atom stereocenters. The van der Waals surface area contributed by atoms with Crippen molar-refractivity contribution in [2.45, 2.75) is 124 Å². The first-order valence-corrected chi connectivity index (χ1v) is 16.3. The number of carbonyl (C=O) groups excluding carboxylic acids is 5. The topological polar surface area (TPSA) is 222 Å². The molecule has 4 N–H and O–H groups in total. The van der Waals surface area contributed by atoms with E-state index in [1.165, 1.54) is 19.2 Å². The molecule has 17 nitrogen and oxygen atoms in total. The SMILES string of the molecule is CC(C)(C)OC(=O)NCc1cc(C[C@H]2NC(=O)[C@H]2NC(=O)/C(=N/OC(C)(C)C(=O)OC(C)(C)C)c2csc(NC(=O)OC(C)(C)C)n2)no1. The minimum atomic E-state index is -1.62. The monoisotopic (exact) mass is 707 g/mol. The Bertz CT molecular complexity index is 1580. The van der Waals surface area contributed by atoms with Gasteiger partial charge in [-0.05, 0) is 76.2 Å². The molecular formula is C31H45N7O10S. The van der Waals surface area contributed by atoms with Crippen molar-refractivity contribution in [2.24, 2.45) is 5.16 Å². The summed E-state index contributed by atoms with van der Waals surface area (Å²) in [7, 11) is 0. The summed E-state index contributed by atoms with van der Waals surface area (Å²) in [6.07, 6.45) is -1.20. The summed E-state index contributed by atoms with van der Waals surface area (Å²) in [5.74, 6) is -1.69. The number of β-lactam (4-membered cyclic amide) rings is 1. The smallest absolute Gasteiger partial charge is 0.413 e. The quantitative estimate of drug-likeness (QED) is 0.0866. The van der Waals surface area contributed by atoms with Crippen LogP contribution in [0.3, 0.4) is 0 Å². The van der Waals surface area contributed by atoms with Crippen LogP contribution in [0.1, 0.15) is 93.3 Å². The van der Waals surface area contributed by atoms with Gasteiger partial charge in [-0.25, -0.2) is 19.4 Å². The number of amides is 4. The number of oxime groups is 1. The van der Waals surface area contributed by atoms with Crippen LogP contribution in [0.5, 0.6) is 0 Å². The Morgan fingerprint density at radius 1 is 0.939 bits per heavy atom. The number of hydrogen-bond donors (Lipinski definition) is 4. The number of hydrogen-bond acceptors (Lipinski definition) is 14. The van der Waals surface area contributed by atoms with Crippen LogP contribution in [-0.4, -0.2) is 80.3 Å². The van der Waals surface area contributed by atoms with E-state index in [0.29, 0.717) is 11.5 Å². The zero-order chi connectivity index (χ0) is 36.9. The molecular weight excluding hydrogens is 662 g/mol. The van der Waals surface area contributed by atoms with E-state index in [1.807, 2.05) is 0 Å². The van der Waals surface area contributed by atoms with Gasteiger partial charge in [-0.3, -0.25) is 14.9 Å². The highest BCUT2D eigenvalue weighted by Gasteiger charge is 2.42. The highest BCUT2D eigenvalue weighted by molar-refractivity contribution is 7.14. The zero-order valence-electron chi connectivity index (χ0n) is 29.6. The molecule has 2 aromatic rings. The van der Waals surface area contributed by atoms with Crippen molar-refractivity contribution >= 4 is 52.2 Å². The lowest BCUT2D eigenvalue weighted by Gasteiger charge is -2.36. The van der Waals surface area contributed by atoms with Gasteiger partial charge in [0.15, 0.2) is 16.6 Å². The van der Waals surface area contributed by atoms with Crippen LogP contribution in [0.4, 0.5) is 14.7 Å². The molecule has 1 saturated heterocycles. The van der Waals surface area contributed by atoms with Crippen molar-refractivity contribution in [3.63, 3.8) is 0 Å². The third kappa shape index (κ3) is 12.3. The van der Waals surface area contributed by atoms with E-state index in [4.69, 9.17) is 23.6 Å². The van der Waals surface area contributed by atoms with E-state index in [2.05, 4.69) is 36.6 Å². The highest BCUT2D eigenvalue weighted by Crippen LogP contribution is 2.22. The van der Waals surface area contributed by atoms with Gasteiger partial charge in [0.05, 0.1) is 18.3 Å². The molecule has 1 aliphatic rings. The lowest BCUT2D eigenvalue weighted by molar-refractivity contribution is -0.179. The van der Waals surface area contributed by atoms with Crippen molar-refractivity contribution in [3.05, 3.63) is 28.6 Å². The van der Waals surface area contributed by atoms with Gasteiger partial charge < -0.3 is 39.5 Å². The maximum atomic E-state index is 13.6. The molecule has 0 unspecified atom stereocenters. The fourth-order valence-electron chi connectivity index (χ4n) is 3.85. The molecule has 0 radical (unpaired) electrons. The van der Waals surface area contributed by atoms with Gasteiger partial charge in [0.1, 0.15) is 28.5 Å². The van der Waals surface area contributed by atoms with Gasteiger partial charge in [0.2, 0.25) is 11.5 Å². The van der Waals surface area contributed by atoms with Crippen molar-refractivity contribution in [2.75, 3.05) is 5.32 Å². The van der Waals surface area contributed by atoms with E-state index in [1.54, 1.807) is 68.4 Å². The van der Waals surface area contributed by atoms with Gasteiger partial charge in [-0.1, -0.05) is 10.3 Å². The first-order valence-electron chi connectivity index (χ1n) is 15.4. The average molecular weight is 708 g/mol. The Labute approximate surface area is 288 Å². The molecule has 0 saturated carbocycles. The van der Waals surface area contributed by atoms with Gasteiger partial charge in [0, 0.05) is 17.9 Å². The van der Waals surface area contributed by atoms with Crippen molar-refractivity contribution < 1.29 is 47.5 Å². The fraction of sp³-hybridized carbons (Fsp3) is 0.613. The van der Waals surface area contributed by atoms with E-state index < -0.39 is 64.5 Å². The Morgan fingerprint density at radius 2 is 1.55 bits per heavy atom. The molecule has 0 aromatic carbocycles. The van der Waals surface area contributed by atoms with Crippen LogP contribution in [0.15, 0.2) is 21.1 Å². The zero-order valence-corrected chi connectivity index (χ0v) is 30.4. The van der Waals surface area contributed by atoms with Crippen molar-refractivity contribution in [1.29, 1.82) is 0 Å². The largest absolute Gasteiger partial charge is 0.457 e. The van der Waals surface area contributed by atoms with Gasteiger partial charge in [-0.15, -0.1) is 11.3 Å². The number of nitrogens with zero attached hydrogens (tertiary/aromatic N) is 3. The van der Waals surface area contributed by atoms with E-state index in [0.717, 1.165) is 11.3 Å². The fourth-order valence-corrected chi connectivity index (χ4v) is 4.54. The number of ether oxygens (including phenoxy) is 3. The van der Waals surface area contributed by atoms with Crippen LogP contribution >= 0.6 is 11.3 Å². The van der Waals surface area contributed by atoms with E-state index in [-0.39, 0.29) is 29.5 Å². The van der Waals surface area contributed by atoms with Crippen LogP contribution in [-0.2, 0) is 46.4 Å². The molecule has 18 heteroatoms. The molecule has 3 rings (SSSR count). The summed E-state index contributed by atoms with van der Waals surface area (Å²) in [4.78, 5) is 73.0. The Hall–Kier alpha value is -4.74. The Morgan fingerprint density at radius 3 is 2.14 bits per heavy atom. The van der Waals surface area contributed by atoms with Crippen LogP contribution in [0.25, 0.3) is 0 Å². The second kappa shape index (κ2) is 14.8. The van der Waals surface area contributed by atoms with E-state index >= 15 is 0 Å². The van der Waals surface area contributed by atoms with Gasteiger partial charge in [0.25, 0.3) is 5.91 Å². The minimum absolute atomic E-state index is 0.0107. The number of nitrogens with one attached hydrogen (secondary N) is 4. The predicted octanol–water partition coefficient (Wildman–Crippen LogP) is 3.57. The molecule has 0 aliphatic carbocycles. The predicted molar refractivity (Wildman–Crippen MR) is 177 cm³/mol. The van der Waals surface area contributed by atoms with Crippen LogP contribution < -0.4 is 21.3 Å². The van der Waals surface area contributed by atoms with Crippen molar-refractivity contribution in [1.82, 2.24) is 26.1 Å². The first-order chi connectivity index (χ1) is 22.4. The second-order valence-electron chi connectivity index (χ2n) is 14.6. The summed E-state index contributed by atoms with van der Waals surface area (Å²) < 4.78 is 21.2. The summed E-state index contributed by atoms with van der Waals surface area (Å²) in [6, 6.07) is 0.0253. The molecule has 49 heavy (non-hydrogen) atoms. The maximum Gasteiger partial charge on any atom is 0.413 e. The number of anilines is 1. The standard InChI is InChI=1S/C31H45N7O10S/c1-28(2,3)44-24(41)31(10,11)48-38-21(19-15-49-25(34-19)36-27(43)46-30(7,8)9)23(40)35-20-18(33-22(20)39)13-16-12-17(47-37-16)14-32-26(42)45-29(4,5)6/h12,15,18,20H,13-14H2,1-11H3,(H,32,42)(H,33,39)(H,35,40)(H,34,36,43)/b38-21+/t18-,20+/m1/s1. The number of esters is 1. The number of thiazole rings is 1. The lowest BCUT2D eigenvalue weighted by atomic mass is 9.94. The number of aromatic nitrogens is 2. The van der Waals surface area contributed by atoms with Gasteiger partial charge in [-0.2, -0.15) is 0 Å². The summed E-state index contributed by atoms with van der Waals surface area (Å²) in [6.45, 7) is 18.3. The molecule has 1 aliphatic heterocycles. The first kappa shape index (κ1) is 38.7. The molecule has 4 amide bonds. The van der Waals surface area contributed by atoms with Crippen LogP contribution in [0, 0.1) is 0 Å². The van der Waals surface area contributed by atoms with Crippen molar-refractivity contribution in [3.8, 4) is 0 Å². The number of rotatable bonds is 11. The third-order valence-electron chi connectivity index (χ3n) is 5.97. The van der Waals surface area contributed by atoms with E-state index in [9.17, 15) is 24.0 Å². The Kier molecular flexibility index (Phi) is 11.7. The Balaban J connectivity index is 1.76. The third-order valence-corrected chi connectivity index (χ3v) is 6.72. The molecule has 3 heterocycles. The summed E-state index contributed by atoms with van der Waals surface area (Å²) in [5, 5.41) is 19.9.